The molecule has 4 rings (SSSR count). The summed E-state index contributed by atoms with van der Waals surface area (Å²) < 4.78 is 5.79. The van der Waals surface area contributed by atoms with E-state index in [0.717, 1.165) is 26.6 Å². The maximum atomic E-state index is 10.4. The van der Waals surface area contributed by atoms with E-state index in [0.29, 0.717) is 11.4 Å². The Labute approximate surface area is 175 Å². The van der Waals surface area contributed by atoms with Gasteiger partial charge in [-0.15, -0.1) is 11.3 Å². The van der Waals surface area contributed by atoms with Crippen LogP contribution in [0.5, 0.6) is 0 Å². The van der Waals surface area contributed by atoms with E-state index < -0.39 is 24.4 Å². The summed E-state index contributed by atoms with van der Waals surface area (Å²) in [5.74, 6) is 0. The largest absolute Gasteiger partial charge is 0.394 e. The number of hydrogen-bond acceptors (Lipinski definition) is 7. The number of thiazole rings is 1. The average Bonchev–Trinajstić information content (AvgIpc) is 3.37. The molecule has 0 aliphatic carbocycles. The van der Waals surface area contributed by atoms with Crippen molar-refractivity contribution in [3.63, 3.8) is 0 Å². The molecule has 8 heteroatoms. The van der Waals surface area contributed by atoms with Crippen molar-refractivity contribution < 1.29 is 20.1 Å². The fraction of sp³-hybridized carbons (Fsp3) is 0.350. The Hall–Kier alpha value is -1.32. The smallest absolute Gasteiger partial charge is 0.111 e. The van der Waals surface area contributed by atoms with Crippen molar-refractivity contribution in [1.29, 1.82) is 0 Å². The maximum Gasteiger partial charge on any atom is 0.111 e. The van der Waals surface area contributed by atoms with Gasteiger partial charge in [-0.2, -0.15) is 11.3 Å². The Morgan fingerprint density at radius 1 is 1.25 bits per heavy atom. The highest BCUT2D eigenvalue weighted by Crippen LogP contribution is 2.35. The zero-order valence-electron chi connectivity index (χ0n) is 14.9. The normalized spacial score (nSPS) is 25.1. The number of rotatable bonds is 5. The van der Waals surface area contributed by atoms with Crippen molar-refractivity contribution in [3.05, 3.63) is 62.4 Å². The summed E-state index contributed by atoms with van der Waals surface area (Å²) in [5, 5.41) is 35.5. The molecule has 0 spiro atoms. The summed E-state index contributed by atoms with van der Waals surface area (Å²) in [5.41, 5.74) is 2.76. The van der Waals surface area contributed by atoms with Gasteiger partial charge in [-0.05, 0) is 34.0 Å². The molecule has 1 saturated heterocycles. The first-order chi connectivity index (χ1) is 13.5. The fourth-order valence-corrected chi connectivity index (χ4v) is 5.20. The van der Waals surface area contributed by atoms with Crippen molar-refractivity contribution >= 4 is 34.3 Å². The molecule has 28 heavy (non-hydrogen) atoms. The molecule has 4 atom stereocenters. The zero-order valence-corrected chi connectivity index (χ0v) is 17.3. The molecule has 3 heterocycles. The van der Waals surface area contributed by atoms with Crippen LogP contribution in [0.2, 0.25) is 5.02 Å². The third-order valence-electron chi connectivity index (χ3n) is 4.85. The fourth-order valence-electron chi connectivity index (χ4n) is 3.35. The SMILES string of the molecule is OCC1C[C@H](O)[C@@H](O)[C@H](c2ccc(Cl)c(Cc3ncc(-c4ccsc4)s3)c2)O1. The summed E-state index contributed by atoms with van der Waals surface area (Å²) in [7, 11) is 0. The Kier molecular flexibility index (Phi) is 6.13. The standard InChI is InChI=1S/C20H20ClNO4S2/c21-15-2-1-11(20-19(25)16(24)7-14(9-23)26-20)5-13(15)6-18-22-8-17(28-18)12-3-4-27-10-12/h1-5,8,10,14,16,19-20,23-25H,6-7,9H2/t14?,16-,19+,20-/m0/s1. The van der Waals surface area contributed by atoms with E-state index in [1.54, 1.807) is 34.8 Å². The lowest BCUT2D eigenvalue weighted by atomic mass is 9.92. The van der Waals surface area contributed by atoms with Crippen LogP contribution in [0.3, 0.4) is 0 Å². The highest BCUT2D eigenvalue weighted by Gasteiger charge is 2.37. The molecule has 3 N–H and O–H groups in total. The van der Waals surface area contributed by atoms with Crippen LogP contribution >= 0.6 is 34.3 Å². The van der Waals surface area contributed by atoms with Gasteiger partial charge in [0.2, 0.25) is 0 Å². The molecular weight excluding hydrogens is 418 g/mol. The Balaban J connectivity index is 1.57. The van der Waals surface area contributed by atoms with Crippen LogP contribution in [-0.2, 0) is 11.2 Å². The molecule has 0 saturated carbocycles. The van der Waals surface area contributed by atoms with Crippen molar-refractivity contribution in [2.75, 3.05) is 6.61 Å². The minimum atomic E-state index is -1.05. The van der Waals surface area contributed by atoms with Gasteiger partial charge in [-0.3, -0.25) is 0 Å². The van der Waals surface area contributed by atoms with Crippen LogP contribution in [0.15, 0.2) is 41.2 Å². The molecule has 1 unspecified atom stereocenters. The number of ether oxygens (including phenoxy) is 1. The summed E-state index contributed by atoms with van der Waals surface area (Å²) in [6, 6.07) is 7.50. The van der Waals surface area contributed by atoms with E-state index >= 15 is 0 Å². The molecule has 1 fully saturated rings. The molecule has 148 valence electrons. The third-order valence-corrected chi connectivity index (χ3v) is 6.95. The number of aromatic nitrogens is 1. The lowest BCUT2D eigenvalue weighted by Crippen LogP contribution is -2.44. The third kappa shape index (κ3) is 4.16. The number of halogens is 1. The maximum absolute atomic E-state index is 10.4. The topological polar surface area (TPSA) is 82.8 Å². The molecule has 1 aromatic carbocycles. The Morgan fingerprint density at radius 2 is 2.11 bits per heavy atom. The second-order valence-corrected chi connectivity index (χ2v) is 9.12. The minimum absolute atomic E-state index is 0.203. The van der Waals surface area contributed by atoms with E-state index in [9.17, 15) is 15.3 Å². The highest BCUT2D eigenvalue weighted by molar-refractivity contribution is 7.15. The molecule has 0 bridgehead atoms. The van der Waals surface area contributed by atoms with Crippen LogP contribution < -0.4 is 0 Å². The van der Waals surface area contributed by atoms with E-state index in [1.807, 2.05) is 17.6 Å². The summed E-state index contributed by atoms with van der Waals surface area (Å²) in [4.78, 5) is 5.63. The van der Waals surface area contributed by atoms with Gasteiger partial charge in [0.25, 0.3) is 0 Å². The average molecular weight is 438 g/mol. The van der Waals surface area contributed by atoms with Gasteiger partial charge in [-0.1, -0.05) is 23.7 Å². The van der Waals surface area contributed by atoms with Gasteiger partial charge < -0.3 is 20.1 Å². The van der Waals surface area contributed by atoms with Gasteiger partial charge in [0.05, 0.1) is 28.7 Å². The van der Waals surface area contributed by atoms with Crippen molar-refractivity contribution in [2.45, 2.75) is 37.3 Å². The van der Waals surface area contributed by atoms with Crippen molar-refractivity contribution in [1.82, 2.24) is 4.98 Å². The second-order valence-electron chi connectivity index (χ2n) is 6.81. The van der Waals surface area contributed by atoms with E-state index in [2.05, 4.69) is 16.4 Å². The molecular formula is C20H20ClNO4S2. The second kappa shape index (κ2) is 8.59. The van der Waals surface area contributed by atoms with Gasteiger partial charge in [0, 0.05) is 29.6 Å². The first-order valence-corrected chi connectivity index (χ1v) is 11.1. The number of aliphatic hydroxyl groups excluding tert-OH is 3. The summed E-state index contributed by atoms with van der Waals surface area (Å²) in [6.07, 6.45) is -0.570. The lowest BCUT2D eigenvalue weighted by Gasteiger charge is -2.37. The van der Waals surface area contributed by atoms with E-state index in [-0.39, 0.29) is 13.0 Å². The van der Waals surface area contributed by atoms with Crippen LogP contribution in [0.4, 0.5) is 0 Å². The Morgan fingerprint density at radius 3 is 2.86 bits per heavy atom. The van der Waals surface area contributed by atoms with Crippen LogP contribution in [0, 0.1) is 0 Å². The van der Waals surface area contributed by atoms with Gasteiger partial charge in [0.1, 0.15) is 12.2 Å². The molecule has 0 radical (unpaired) electrons. The van der Waals surface area contributed by atoms with Crippen LogP contribution in [0.1, 0.15) is 28.7 Å². The molecule has 1 aliphatic rings. The molecule has 2 aromatic heterocycles. The molecule has 0 amide bonds. The quantitative estimate of drug-likeness (QED) is 0.567. The predicted molar refractivity (Wildman–Crippen MR) is 111 cm³/mol. The molecule has 5 nitrogen and oxygen atoms in total. The van der Waals surface area contributed by atoms with Crippen molar-refractivity contribution in [2.24, 2.45) is 0 Å². The summed E-state index contributed by atoms with van der Waals surface area (Å²) >= 11 is 9.67. The first-order valence-electron chi connectivity index (χ1n) is 8.93. The van der Waals surface area contributed by atoms with Crippen LogP contribution in [-0.4, -0.2) is 45.2 Å². The predicted octanol–water partition coefficient (Wildman–Crippen LogP) is 3.66. The molecule has 3 aromatic rings. The molecule has 1 aliphatic heterocycles. The summed E-state index contributed by atoms with van der Waals surface area (Å²) in [6.45, 7) is -0.203. The monoisotopic (exact) mass is 437 g/mol. The van der Waals surface area contributed by atoms with Gasteiger partial charge in [0.15, 0.2) is 0 Å². The van der Waals surface area contributed by atoms with Gasteiger partial charge in [-0.25, -0.2) is 4.98 Å². The number of nitrogens with zero attached hydrogens (tertiary/aromatic N) is 1. The first kappa shape index (κ1) is 20.0. The number of hydrogen-bond donors (Lipinski definition) is 3. The number of benzene rings is 1. The minimum Gasteiger partial charge on any atom is -0.394 e. The van der Waals surface area contributed by atoms with Gasteiger partial charge >= 0.3 is 0 Å². The highest BCUT2D eigenvalue weighted by atomic mass is 35.5. The number of thiophene rings is 1. The lowest BCUT2D eigenvalue weighted by molar-refractivity contribution is -0.179. The zero-order chi connectivity index (χ0) is 19.7. The van der Waals surface area contributed by atoms with Crippen LogP contribution in [0.25, 0.3) is 10.4 Å². The van der Waals surface area contributed by atoms with Crippen molar-refractivity contribution in [3.8, 4) is 10.4 Å². The number of aliphatic hydroxyl groups is 3. The van der Waals surface area contributed by atoms with E-state index in [4.69, 9.17) is 16.3 Å². The Bertz CT molecular complexity index is 930. The van der Waals surface area contributed by atoms with E-state index in [1.165, 1.54) is 0 Å².